The summed E-state index contributed by atoms with van der Waals surface area (Å²) in [6.07, 6.45) is 7.70. The van der Waals surface area contributed by atoms with E-state index < -0.39 is 17.4 Å². The molecular weight excluding hydrogens is 292 g/mol. The molecule has 2 rings (SSSR count). The van der Waals surface area contributed by atoms with E-state index in [4.69, 9.17) is 0 Å². The van der Waals surface area contributed by atoms with Crippen molar-refractivity contribution in [2.24, 2.45) is 5.41 Å². The Morgan fingerprint density at radius 2 is 1.78 bits per heavy atom. The van der Waals surface area contributed by atoms with E-state index in [0.717, 1.165) is 19.5 Å². The number of rotatable bonds is 6. The van der Waals surface area contributed by atoms with Gasteiger partial charge in [-0.15, -0.1) is 0 Å². The van der Waals surface area contributed by atoms with Gasteiger partial charge in [0, 0.05) is 19.1 Å². The van der Waals surface area contributed by atoms with E-state index in [-0.39, 0.29) is 5.91 Å². The fourth-order valence-electron chi connectivity index (χ4n) is 4.18. The fourth-order valence-corrected chi connectivity index (χ4v) is 4.18. The van der Waals surface area contributed by atoms with Crippen LogP contribution in [-0.2, 0) is 9.59 Å². The third-order valence-electron chi connectivity index (χ3n) is 5.47. The van der Waals surface area contributed by atoms with Crippen LogP contribution in [-0.4, -0.2) is 58.5 Å². The van der Waals surface area contributed by atoms with E-state index in [1.54, 1.807) is 4.90 Å². The van der Waals surface area contributed by atoms with Gasteiger partial charge in [0.25, 0.3) is 0 Å². The minimum atomic E-state index is -0.869. The van der Waals surface area contributed by atoms with E-state index in [1.165, 1.54) is 32.1 Å². The van der Waals surface area contributed by atoms with E-state index in [0.29, 0.717) is 19.0 Å². The second kappa shape index (κ2) is 7.65. The zero-order chi connectivity index (χ0) is 17.0. The number of carbonyl (C=O) groups is 2. The number of hydrogen-bond acceptors (Lipinski definition) is 3. The highest BCUT2D eigenvalue weighted by molar-refractivity contribution is 5.87. The largest absolute Gasteiger partial charge is 0.480 e. The van der Waals surface area contributed by atoms with Gasteiger partial charge in [-0.1, -0.05) is 26.2 Å². The summed E-state index contributed by atoms with van der Waals surface area (Å²) in [6.45, 7) is 8.34. The summed E-state index contributed by atoms with van der Waals surface area (Å²) >= 11 is 0. The molecule has 1 atom stereocenters. The molecule has 2 aliphatic rings. The highest BCUT2D eigenvalue weighted by atomic mass is 16.4. The molecule has 1 amide bonds. The van der Waals surface area contributed by atoms with Crippen molar-refractivity contribution in [3.8, 4) is 0 Å². The Labute approximate surface area is 140 Å². The zero-order valence-electron chi connectivity index (χ0n) is 14.9. The van der Waals surface area contributed by atoms with Crippen molar-refractivity contribution in [3.63, 3.8) is 0 Å². The fraction of sp³-hybridized carbons (Fsp3) is 0.889. The monoisotopic (exact) mass is 324 g/mol. The molecule has 23 heavy (non-hydrogen) atoms. The maximum Gasteiger partial charge on any atom is 0.326 e. The van der Waals surface area contributed by atoms with Crippen molar-refractivity contribution in [2.45, 2.75) is 77.8 Å². The smallest absolute Gasteiger partial charge is 0.326 e. The van der Waals surface area contributed by atoms with Gasteiger partial charge in [-0.2, -0.15) is 0 Å². The number of likely N-dealkylation sites (tertiary alicyclic amines) is 1. The maximum absolute atomic E-state index is 13.0. The van der Waals surface area contributed by atoms with Crippen LogP contribution in [0.4, 0.5) is 0 Å². The first-order valence-corrected chi connectivity index (χ1v) is 9.14. The summed E-state index contributed by atoms with van der Waals surface area (Å²) in [7, 11) is 0. The molecule has 0 bridgehead atoms. The number of aliphatic carboxylic acids is 1. The lowest BCUT2D eigenvalue weighted by Gasteiger charge is -2.40. The normalized spacial score (nSPS) is 23.5. The summed E-state index contributed by atoms with van der Waals surface area (Å²) in [5, 5.41) is 9.33. The number of carbonyl (C=O) groups excluding carboxylic acids is 1. The Balaban J connectivity index is 2.03. The maximum atomic E-state index is 13.0. The average Bonchev–Trinajstić information content (AvgIpc) is 3.02. The van der Waals surface area contributed by atoms with E-state index in [1.807, 2.05) is 13.8 Å². The van der Waals surface area contributed by atoms with Gasteiger partial charge in [0.15, 0.2) is 0 Å². The van der Waals surface area contributed by atoms with Gasteiger partial charge < -0.3 is 10.0 Å². The molecule has 1 aliphatic carbocycles. The van der Waals surface area contributed by atoms with Gasteiger partial charge in [-0.3, -0.25) is 9.69 Å². The highest BCUT2D eigenvalue weighted by Gasteiger charge is 2.41. The molecule has 1 N–H and O–H groups in total. The quantitative estimate of drug-likeness (QED) is 0.816. The van der Waals surface area contributed by atoms with Gasteiger partial charge in [-0.25, -0.2) is 4.79 Å². The first kappa shape index (κ1) is 18.2. The molecule has 0 aromatic heterocycles. The van der Waals surface area contributed by atoms with Crippen molar-refractivity contribution >= 4 is 11.9 Å². The summed E-state index contributed by atoms with van der Waals surface area (Å²) in [4.78, 5) is 28.3. The molecule has 5 nitrogen and oxygen atoms in total. The van der Waals surface area contributed by atoms with Gasteiger partial charge >= 0.3 is 5.97 Å². The number of carboxylic acid groups (broad SMARTS) is 1. The van der Waals surface area contributed by atoms with Crippen LogP contribution in [0.1, 0.15) is 65.7 Å². The molecule has 2 fully saturated rings. The van der Waals surface area contributed by atoms with Crippen LogP contribution in [0.3, 0.4) is 0 Å². The second-order valence-electron chi connectivity index (χ2n) is 7.73. The Kier molecular flexibility index (Phi) is 6.06. The van der Waals surface area contributed by atoms with Crippen molar-refractivity contribution in [1.82, 2.24) is 9.80 Å². The minimum Gasteiger partial charge on any atom is -0.480 e. The predicted octanol–water partition coefficient (Wildman–Crippen LogP) is 2.74. The van der Waals surface area contributed by atoms with Gasteiger partial charge in [-0.05, 0) is 46.1 Å². The SMILES string of the molecule is CCN(CC(C)(C)C(=O)N1CCCC1C(=O)O)C1CCCCC1. The highest BCUT2D eigenvalue weighted by Crippen LogP contribution is 2.30. The lowest BCUT2D eigenvalue weighted by atomic mass is 9.87. The lowest BCUT2D eigenvalue weighted by Crippen LogP contribution is -2.52. The molecule has 0 spiro atoms. The average molecular weight is 324 g/mol. The van der Waals surface area contributed by atoms with Crippen LogP contribution in [0.2, 0.25) is 0 Å². The molecular formula is C18H32N2O3. The minimum absolute atomic E-state index is 0.00309. The Bertz CT molecular complexity index is 430. The van der Waals surface area contributed by atoms with Crippen LogP contribution in [0, 0.1) is 5.41 Å². The standard InChI is InChI=1S/C18H32N2O3/c1-4-19(14-9-6-5-7-10-14)13-18(2,3)17(23)20-12-8-11-15(20)16(21)22/h14-15H,4-13H2,1-3H3,(H,21,22). The summed E-state index contributed by atoms with van der Waals surface area (Å²) in [5.41, 5.74) is -0.536. The van der Waals surface area contributed by atoms with Crippen molar-refractivity contribution in [2.75, 3.05) is 19.6 Å². The first-order chi connectivity index (χ1) is 10.9. The van der Waals surface area contributed by atoms with Crippen molar-refractivity contribution < 1.29 is 14.7 Å². The number of hydrogen-bond donors (Lipinski definition) is 1. The van der Waals surface area contributed by atoms with Gasteiger partial charge in [0.1, 0.15) is 6.04 Å². The zero-order valence-corrected chi connectivity index (χ0v) is 14.9. The van der Waals surface area contributed by atoms with E-state index in [9.17, 15) is 14.7 Å². The van der Waals surface area contributed by atoms with Crippen LogP contribution in [0.25, 0.3) is 0 Å². The number of nitrogens with zero attached hydrogens (tertiary/aromatic N) is 2. The lowest BCUT2D eigenvalue weighted by molar-refractivity contribution is -0.153. The Morgan fingerprint density at radius 3 is 2.35 bits per heavy atom. The predicted molar refractivity (Wildman–Crippen MR) is 90.3 cm³/mol. The molecule has 1 heterocycles. The van der Waals surface area contributed by atoms with Crippen molar-refractivity contribution in [3.05, 3.63) is 0 Å². The topological polar surface area (TPSA) is 60.9 Å². The third-order valence-corrected chi connectivity index (χ3v) is 5.47. The molecule has 132 valence electrons. The second-order valence-corrected chi connectivity index (χ2v) is 7.73. The van der Waals surface area contributed by atoms with Crippen LogP contribution in [0.5, 0.6) is 0 Å². The van der Waals surface area contributed by atoms with Gasteiger partial charge in [0.05, 0.1) is 5.41 Å². The van der Waals surface area contributed by atoms with E-state index >= 15 is 0 Å². The van der Waals surface area contributed by atoms with Crippen LogP contribution >= 0.6 is 0 Å². The molecule has 1 saturated heterocycles. The Morgan fingerprint density at radius 1 is 1.13 bits per heavy atom. The molecule has 1 unspecified atom stereocenters. The first-order valence-electron chi connectivity index (χ1n) is 9.14. The molecule has 1 saturated carbocycles. The molecule has 0 aromatic rings. The van der Waals surface area contributed by atoms with Gasteiger partial charge in [0.2, 0.25) is 5.91 Å². The summed E-state index contributed by atoms with van der Waals surface area (Å²) < 4.78 is 0. The number of carboxylic acids is 1. The van der Waals surface area contributed by atoms with Crippen LogP contribution < -0.4 is 0 Å². The molecule has 0 aromatic carbocycles. The third kappa shape index (κ3) is 4.25. The molecule has 5 heteroatoms. The number of amides is 1. The molecule has 0 radical (unpaired) electrons. The van der Waals surface area contributed by atoms with Crippen LogP contribution in [0.15, 0.2) is 0 Å². The van der Waals surface area contributed by atoms with Crippen molar-refractivity contribution in [1.29, 1.82) is 0 Å². The summed E-state index contributed by atoms with van der Waals surface area (Å²) in [6, 6.07) is -0.0544. The molecule has 1 aliphatic heterocycles. The van der Waals surface area contributed by atoms with E-state index in [2.05, 4.69) is 11.8 Å². The Hall–Kier alpha value is -1.10. The summed E-state index contributed by atoms with van der Waals surface area (Å²) in [5.74, 6) is -0.872.